The molecule has 0 aromatic heterocycles. The van der Waals surface area contributed by atoms with Crippen molar-refractivity contribution in [2.24, 2.45) is 5.14 Å². The summed E-state index contributed by atoms with van der Waals surface area (Å²) < 4.78 is 34.8. The van der Waals surface area contributed by atoms with E-state index in [1.807, 2.05) is 25.1 Å². The molecule has 0 saturated heterocycles. The van der Waals surface area contributed by atoms with E-state index in [9.17, 15) is 18.5 Å². The number of nitrogens with two attached hydrogens (primary N) is 1. The average molecular weight is 407 g/mol. The Morgan fingerprint density at radius 3 is 2.61 bits per heavy atom. The molecule has 1 aliphatic rings. The Morgan fingerprint density at radius 2 is 1.96 bits per heavy atom. The van der Waals surface area contributed by atoms with Gasteiger partial charge in [0.2, 0.25) is 10.0 Å². The van der Waals surface area contributed by atoms with Gasteiger partial charge < -0.3 is 14.4 Å². The number of nitro benzene ring substituents is 1. The zero-order valence-corrected chi connectivity index (χ0v) is 16.1. The zero-order chi connectivity index (χ0) is 20.3. The molecule has 1 unspecified atom stereocenters. The highest BCUT2D eigenvalue weighted by Crippen LogP contribution is 2.34. The lowest BCUT2D eigenvalue weighted by Gasteiger charge is -2.32. The van der Waals surface area contributed by atoms with Crippen molar-refractivity contribution in [3.8, 4) is 11.5 Å². The molecule has 0 saturated carbocycles. The molecule has 150 valence electrons. The van der Waals surface area contributed by atoms with Crippen LogP contribution < -0.4 is 19.5 Å². The number of sulfonamides is 1. The summed E-state index contributed by atoms with van der Waals surface area (Å²) in [6.07, 6.45) is 0.400. The van der Waals surface area contributed by atoms with Crippen LogP contribution in [0.1, 0.15) is 13.3 Å². The van der Waals surface area contributed by atoms with Crippen molar-refractivity contribution >= 4 is 21.4 Å². The number of primary sulfonamides is 1. The van der Waals surface area contributed by atoms with Gasteiger partial charge in [0, 0.05) is 12.6 Å². The molecule has 0 fully saturated rings. The number of para-hydroxylation sites is 2. The molecule has 3 rings (SSSR count). The molecule has 0 spiro atoms. The van der Waals surface area contributed by atoms with Crippen LogP contribution in [0.25, 0.3) is 0 Å². The van der Waals surface area contributed by atoms with Gasteiger partial charge in [0.15, 0.2) is 17.6 Å². The van der Waals surface area contributed by atoms with Crippen molar-refractivity contribution in [2.75, 3.05) is 24.6 Å². The van der Waals surface area contributed by atoms with Gasteiger partial charge in [-0.15, -0.1) is 0 Å². The molecule has 1 aliphatic heterocycles. The third-order valence-corrected chi connectivity index (χ3v) is 5.21. The van der Waals surface area contributed by atoms with E-state index in [-0.39, 0.29) is 16.7 Å². The lowest BCUT2D eigenvalue weighted by Crippen LogP contribution is -2.41. The van der Waals surface area contributed by atoms with Crippen molar-refractivity contribution in [2.45, 2.75) is 24.3 Å². The Balaban J connectivity index is 1.89. The number of nitrogens with zero attached hydrogens (tertiary/aromatic N) is 2. The van der Waals surface area contributed by atoms with Crippen LogP contribution in [-0.2, 0) is 10.0 Å². The molecule has 9 nitrogen and oxygen atoms in total. The number of ether oxygens (including phenoxy) is 2. The van der Waals surface area contributed by atoms with E-state index in [4.69, 9.17) is 14.6 Å². The SMILES string of the molecule is CCCN(CC1COc2ccccc2O1)c1ccc(S(N)(=O)=O)cc1[N+](=O)[O-]. The first-order chi connectivity index (χ1) is 13.3. The Hall–Kier alpha value is -2.85. The monoisotopic (exact) mass is 407 g/mol. The fourth-order valence-corrected chi connectivity index (χ4v) is 3.61. The number of anilines is 1. The highest BCUT2D eigenvalue weighted by atomic mass is 32.2. The Morgan fingerprint density at radius 1 is 1.25 bits per heavy atom. The van der Waals surface area contributed by atoms with E-state index < -0.39 is 14.9 Å². The Kier molecular flexibility index (Phi) is 5.71. The largest absolute Gasteiger partial charge is 0.486 e. The third-order valence-electron chi connectivity index (χ3n) is 4.30. The van der Waals surface area contributed by atoms with Gasteiger partial charge in [0.05, 0.1) is 16.4 Å². The van der Waals surface area contributed by atoms with Crippen molar-refractivity contribution in [3.63, 3.8) is 0 Å². The summed E-state index contributed by atoms with van der Waals surface area (Å²) in [6, 6.07) is 11.0. The smallest absolute Gasteiger partial charge is 0.293 e. The second-order valence-corrected chi connectivity index (χ2v) is 7.96. The van der Waals surface area contributed by atoms with Crippen LogP contribution in [0.2, 0.25) is 0 Å². The molecule has 2 N–H and O–H groups in total. The number of rotatable bonds is 7. The van der Waals surface area contributed by atoms with E-state index in [2.05, 4.69) is 0 Å². The first-order valence-corrected chi connectivity index (χ1v) is 10.3. The first kappa shape index (κ1) is 19.9. The average Bonchev–Trinajstić information content (AvgIpc) is 2.66. The fourth-order valence-electron chi connectivity index (χ4n) is 3.07. The molecule has 0 aliphatic carbocycles. The van der Waals surface area contributed by atoms with Crippen molar-refractivity contribution in [1.82, 2.24) is 0 Å². The van der Waals surface area contributed by atoms with E-state index in [0.29, 0.717) is 36.9 Å². The van der Waals surface area contributed by atoms with Gasteiger partial charge in [-0.25, -0.2) is 13.6 Å². The van der Waals surface area contributed by atoms with Crippen LogP contribution in [0, 0.1) is 10.1 Å². The maximum Gasteiger partial charge on any atom is 0.293 e. The van der Waals surface area contributed by atoms with Crippen molar-refractivity contribution in [3.05, 3.63) is 52.6 Å². The van der Waals surface area contributed by atoms with Crippen molar-refractivity contribution < 1.29 is 22.8 Å². The molecule has 2 aromatic carbocycles. The molecule has 0 bridgehead atoms. The Bertz CT molecular complexity index is 979. The lowest BCUT2D eigenvalue weighted by molar-refractivity contribution is -0.384. The van der Waals surface area contributed by atoms with Crippen LogP contribution >= 0.6 is 0 Å². The highest BCUT2D eigenvalue weighted by Gasteiger charge is 2.27. The maximum atomic E-state index is 11.6. The van der Waals surface area contributed by atoms with Crippen LogP contribution in [0.3, 0.4) is 0 Å². The quantitative estimate of drug-likeness (QED) is 0.551. The standard InChI is InChI=1S/C18H21N3O6S/c1-2-9-20(11-13-12-26-17-5-3-4-6-18(17)27-13)15-8-7-14(28(19,24)25)10-16(15)21(22)23/h3-8,10,13H,2,9,11-12H2,1H3,(H2,19,24,25). The summed E-state index contributed by atoms with van der Waals surface area (Å²) >= 11 is 0. The number of hydrogen-bond donors (Lipinski definition) is 1. The first-order valence-electron chi connectivity index (χ1n) is 8.74. The van der Waals surface area contributed by atoms with Gasteiger partial charge in [-0.3, -0.25) is 10.1 Å². The number of nitro groups is 1. The summed E-state index contributed by atoms with van der Waals surface area (Å²) in [7, 11) is -4.04. The summed E-state index contributed by atoms with van der Waals surface area (Å²) in [6.45, 7) is 3.13. The normalized spacial score (nSPS) is 15.9. The van der Waals surface area contributed by atoms with E-state index in [1.165, 1.54) is 12.1 Å². The summed E-state index contributed by atoms with van der Waals surface area (Å²) in [4.78, 5) is 12.4. The summed E-state index contributed by atoms with van der Waals surface area (Å²) in [5, 5.41) is 16.7. The minimum atomic E-state index is -4.04. The second kappa shape index (κ2) is 8.03. The second-order valence-electron chi connectivity index (χ2n) is 6.40. The van der Waals surface area contributed by atoms with Gasteiger partial charge in [0.1, 0.15) is 12.3 Å². The zero-order valence-electron chi connectivity index (χ0n) is 15.3. The van der Waals surface area contributed by atoms with Crippen LogP contribution in [0.15, 0.2) is 47.4 Å². The van der Waals surface area contributed by atoms with Crippen LogP contribution in [0.4, 0.5) is 11.4 Å². The topological polar surface area (TPSA) is 125 Å². The van der Waals surface area contributed by atoms with Crippen molar-refractivity contribution in [1.29, 1.82) is 0 Å². The van der Waals surface area contributed by atoms with Gasteiger partial charge in [-0.1, -0.05) is 19.1 Å². The lowest BCUT2D eigenvalue weighted by atomic mass is 10.2. The van der Waals surface area contributed by atoms with Gasteiger partial charge in [-0.2, -0.15) is 0 Å². The van der Waals surface area contributed by atoms with Gasteiger partial charge in [0.25, 0.3) is 5.69 Å². The van der Waals surface area contributed by atoms with Crippen LogP contribution in [-0.4, -0.2) is 39.1 Å². The Labute approximate surface area is 162 Å². The third kappa shape index (κ3) is 4.34. The molecule has 10 heteroatoms. The predicted molar refractivity (Wildman–Crippen MR) is 103 cm³/mol. The minimum Gasteiger partial charge on any atom is -0.486 e. The molecule has 28 heavy (non-hydrogen) atoms. The van der Waals surface area contributed by atoms with Crippen LogP contribution in [0.5, 0.6) is 11.5 Å². The fraction of sp³-hybridized carbons (Fsp3) is 0.333. The van der Waals surface area contributed by atoms with E-state index in [1.54, 1.807) is 11.0 Å². The summed E-state index contributed by atoms with van der Waals surface area (Å²) in [5.74, 6) is 1.28. The molecule has 1 heterocycles. The molecular weight excluding hydrogens is 386 g/mol. The highest BCUT2D eigenvalue weighted by molar-refractivity contribution is 7.89. The number of hydrogen-bond acceptors (Lipinski definition) is 7. The number of benzene rings is 2. The van der Waals surface area contributed by atoms with E-state index >= 15 is 0 Å². The van der Waals surface area contributed by atoms with E-state index in [0.717, 1.165) is 12.5 Å². The molecule has 0 radical (unpaired) electrons. The summed E-state index contributed by atoms with van der Waals surface area (Å²) in [5.41, 5.74) is -0.0150. The predicted octanol–water partition coefficient (Wildman–Crippen LogP) is 2.30. The molecule has 2 aromatic rings. The maximum absolute atomic E-state index is 11.6. The number of fused-ring (bicyclic) bond motifs is 1. The molecule has 1 atom stereocenters. The minimum absolute atomic E-state index is 0.300. The van der Waals surface area contributed by atoms with Gasteiger partial charge in [-0.05, 0) is 30.7 Å². The molecule has 0 amide bonds. The molecular formula is C18H21N3O6S. The van der Waals surface area contributed by atoms with Gasteiger partial charge >= 0.3 is 0 Å².